The molecule has 2 fully saturated rings. The normalized spacial score (nSPS) is 21.6. The molecule has 2 aliphatic rings. The third-order valence-electron chi connectivity index (χ3n) is 5.14. The minimum atomic E-state index is -0.603. The summed E-state index contributed by atoms with van der Waals surface area (Å²) in [4.78, 5) is 25.0. The number of hydrogen-bond acceptors (Lipinski definition) is 8. The van der Waals surface area contributed by atoms with Crippen molar-refractivity contribution in [3.63, 3.8) is 0 Å². The number of nitro groups is 1. The first kappa shape index (κ1) is 19.5. The van der Waals surface area contributed by atoms with Gasteiger partial charge >= 0.3 is 5.97 Å². The molecule has 27 heavy (non-hydrogen) atoms. The van der Waals surface area contributed by atoms with Crippen LogP contribution in [0.4, 0.5) is 11.4 Å². The number of anilines is 1. The summed E-state index contributed by atoms with van der Waals surface area (Å²) in [6.45, 7) is 5.20. The summed E-state index contributed by atoms with van der Waals surface area (Å²) in [6.07, 6.45) is 0.994. The average Bonchev–Trinajstić information content (AvgIpc) is 3.23. The zero-order valence-electron chi connectivity index (χ0n) is 15.4. The molecule has 0 spiro atoms. The Balaban J connectivity index is 1.77. The van der Waals surface area contributed by atoms with Crippen LogP contribution in [0.15, 0.2) is 18.2 Å². The molecule has 0 radical (unpaired) electrons. The van der Waals surface area contributed by atoms with Crippen molar-refractivity contribution in [3.8, 4) is 0 Å². The Hall–Kier alpha value is -2.23. The maximum Gasteiger partial charge on any atom is 0.340 e. The van der Waals surface area contributed by atoms with Crippen LogP contribution in [0, 0.1) is 16.0 Å². The minimum Gasteiger partial charge on any atom is -0.465 e. The van der Waals surface area contributed by atoms with Gasteiger partial charge in [-0.1, -0.05) is 0 Å². The highest BCUT2D eigenvalue weighted by molar-refractivity contribution is 5.96. The first-order chi connectivity index (χ1) is 13.1. The fraction of sp³-hybridized carbons (Fsp3) is 0.611. The molecule has 0 unspecified atom stereocenters. The predicted molar refractivity (Wildman–Crippen MR) is 98.0 cm³/mol. The van der Waals surface area contributed by atoms with Gasteiger partial charge in [0.15, 0.2) is 0 Å². The van der Waals surface area contributed by atoms with Crippen molar-refractivity contribution in [2.45, 2.75) is 12.5 Å². The third kappa shape index (κ3) is 4.74. The molecule has 1 aromatic carbocycles. The summed E-state index contributed by atoms with van der Waals surface area (Å²) in [5.74, 6) is -0.205. The second-order valence-corrected chi connectivity index (χ2v) is 6.70. The largest absolute Gasteiger partial charge is 0.465 e. The number of esters is 1. The molecule has 2 heterocycles. The number of carbonyl (C=O) groups is 1. The number of benzene rings is 1. The summed E-state index contributed by atoms with van der Waals surface area (Å²) < 4.78 is 15.8. The number of methoxy groups -OCH3 is 1. The van der Waals surface area contributed by atoms with E-state index in [4.69, 9.17) is 14.2 Å². The van der Waals surface area contributed by atoms with E-state index < -0.39 is 10.9 Å². The average molecular weight is 379 g/mol. The number of non-ortho nitro benzene ring substituents is 1. The summed E-state index contributed by atoms with van der Waals surface area (Å²) >= 11 is 0. The number of ether oxygens (including phenoxy) is 3. The van der Waals surface area contributed by atoms with Crippen molar-refractivity contribution in [2.24, 2.45) is 5.92 Å². The van der Waals surface area contributed by atoms with Crippen LogP contribution < -0.4 is 5.32 Å². The fourth-order valence-corrected chi connectivity index (χ4v) is 3.65. The molecule has 2 saturated heterocycles. The molecule has 148 valence electrons. The Bertz CT molecular complexity index is 671. The molecule has 0 aliphatic carbocycles. The Morgan fingerprint density at radius 3 is 2.78 bits per heavy atom. The lowest BCUT2D eigenvalue weighted by molar-refractivity contribution is -0.384. The zero-order chi connectivity index (χ0) is 19.2. The Morgan fingerprint density at radius 2 is 2.15 bits per heavy atom. The van der Waals surface area contributed by atoms with Crippen molar-refractivity contribution in [3.05, 3.63) is 33.9 Å². The van der Waals surface area contributed by atoms with Gasteiger partial charge < -0.3 is 19.5 Å². The number of morpholine rings is 1. The van der Waals surface area contributed by atoms with E-state index in [0.717, 1.165) is 26.1 Å². The number of rotatable bonds is 7. The van der Waals surface area contributed by atoms with Crippen molar-refractivity contribution in [2.75, 3.05) is 58.5 Å². The number of nitro benzene ring substituents is 1. The number of nitrogens with zero attached hydrogens (tertiary/aromatic N) is 2. The van der Waals surface area contributed by atoms with Gasteiger partial charge in [-0.05, 0) is 12.5 Å². The van der Waals surface area contributed by atoms with E-state index in [9.17, 15) is 14.9 Å². The van der Waals surface area contributed by atoms with Gasteiger partial charge in [0, 0.05) is 56.0 Å². The van der Waals surface area contributed by atoms with Gasteiger partial charge in [0.2, 0.25) is 0 Å². The van der Waals surface area contributed by atoms with E-state index >= 15 is 0 Å². The topological polar surface area (TPSA) is 103 Å². The van der Waals surface area contributed by atoms with Crippen LogP contribution in [0.25, 0.3) is 0 Å². The van der Waals surface area contributed by atoms with Crippen LogP contribution in [0.3, 0.4) is 0 Å². The van der Waals surface area contributed by atoms with E-state index in [1.54, 1.807) is 6.07 Å². The number of carbonyl (C=O) groups excluding carboxylic acids is 1. The second kappa shape index (κ2) is 9.12. The van der Waals surface area contributed by atoms with Gasteiger partial charge in [-0.25, -0.2) is 4.79 Å². The highest BCUT2D eigenvalue weighted by Gasteiger charge is 2.31. The maximum atomic E-state index is 12.1. The highest BCUT2D eigenvalue weighted by atomic mass is 16.6. The van der Waals surface area contributed by atoms with Crippen LogP contribution in [-0.4, -0.2) is 75.0 Å². The highest BCUT2D eigenvalue weighted by Crippen LogP contribution is 2.26. The molecule has 0 saturated carbocycles. The molecule has 0 amide bonds. The second-order valence-electron chi connectivity index (χ2n) is 6.70. The summed E-state index contributed by atoms with van der Waals surface area (Å²) in [5.41, 5.74) is 0.551. The lowest BCUT2D eigenvalue weighted by Crippen LogP contribution is -2.50. The molecule has 2 atom stereocenters. The van der Waals surface area contributed by atoms with Crippen molar-refractivity contribution in [1.82, 2.24) is 4.90 Å². The fourth-order valence-electron chi connectivity index (χ4n) is 3.65. The standard InChI is InChI=1S/C18H25N3O6/c1-25-18(22)15-10-14(21(23)24)2-3-16(15)19-11-17(13-4-7-27-12-13)20-5-8-26-9-6-20/h2-3,10,13,17,19H,4-9,11-12H2,1H3/t13-,17+/m0/s1. The summed E-state index contributed by atoms with van der Waals surface area (Å²) in [5, 5.41) is 14.3. The molecule has 3 rings (SSSR count). The first-order valence-corrected chi connectivity index (χ1v) is 9.10. The predicted octanol–water partition coefficient (Wildman–Crippen LogP) is 1.53. The van der Waals surface area contributed by atoms with E-state index in [-0.39, 0.29) is 17.3 Å². The lowest BCUT2D eigenvalue weighted by atomic mass is 9.96. The number of hydrogen-bond donors (Lipinski definition) is 1. The molecule has 0 aromatic heterocycles. The van der Waals surface area contributed by atoms with Crippen molar-refractivity contribution >= 4 is 17.3 Å². The molecular weight excluding hydrogens is 354 g/mol. The van der Waals surface area contributed by atoms with Gasteiger partial charge in [0.25, 0.3) is 5.69 Å². The first-order valence-electron chi connectivity index (χ1n) is 9.10. The van der Waals surface area contributed by atoms with Gasteiger partial charge in [-0.2, -0.15) is 0 Å². The molecular formula is C18H25N3O6. The zero-order valence-corrected chi connectivity index (χ0v) is 15.4. The Morgan fingerprint density at radius 1 is 1.37 bits per heavy atom. The Kier molecular flexibility index (Phi) is 6.59. The van der Waals surface area contributed by atoms with Gasteiger partial charge in [-0.15, -0.1) is 0 Å². The summed E-state index contributed by atoms with van der Waals surface area (Å²) in [6, 6.07) is 4.43. The van der Waals surface area contributed by atoms with E-state index in [2.05, 4.69) is 10.2 Å². The summed E-state index contributed by atoms with van der Waals surface area (Å²) in [7, 11) is 1.26. The third-order valence-corrected chi connectivity index (χ3v) is 5.14. The molecule has 2 aliphatic heterocycles. The molecule has 1 N–H and O–H groups in total. The van der Waals surface area contributed by atoms with E-state index in [1.807, 2.05) is 0 Å². The SMILES string of the molecule is COC(=O)c1cc([N+](=O)[O-])ccc1NC[C@H]([C@H]1CCOC1)N1CCOCC1. The van der Waals surface area contributed by atoms with Gasteiger partial charge in [-0.3, -0.25) is 15.0 Å². The van der Waals surface area contributed by atoms with Crippen LogP contribution in [0.5, 0.6) is 0 Å². The van der Waals surface area contributed by atoms with Crippen LogP contribution in [0.2, 0.25) is 0 Å². The number of nitrogens with one attached hydrogen (secondary N) is 1. The quantitative estimate of drug-likeness (QED) is 0.432. The van der Waals surface area contributed by atoms with Crippen LogP contribution in [0.1, 0.15) is 16.8 Å². The van der Waals surface area contributed by atoms with E-state index in [0.29, 0.717) is 38.0 Å². The minimum absolute atomic E-state index is 0.144. The van der Waals surface area contributed by atoms with Gasteiger partial charge in [0.1, 0.15) is 0 Å². The van der Waals surface area contributed by atoms with Crippen LogP contribution in [-0.2, 0) is 14.2 Å². The maximum absolute atomic E-state index is 12.1. The van der Waals surface area contributed by atoms with E-state index in [1.165, 1.54) is 19.2 Å². The van der Waals surface area contributed by atoms with Crippen molar-refractivity contribution in [1.29, 1.82) is 0 Å². The van der Waals surface area contributed by atoms with Gasteiger partial charge in [0.05, 0.1) is 37.4 Å². The molecule has 9 heteroatoms. The van der Waals surface area contributed by atoms with Crippen LogP contribution >= 0.6 is 0 Å². The lowest BCUT2D eigenvalue weighted by Gasteiger charge is -2.37. The van der Waals surface area contributed by atoms with Crippen molar-refractivity contribution < 1.29 is 23.9 Å². The molecule has 9 nitrogen and oxygen atoms in total. The monoisotopic (exact) mass is 379 g/mol. The molecule has 0 bridgehead atoms. The molecule has 1 aromatic rings. The smallest absolute Gasteiger partial charge is 0.340 e. The Labute approximate surface area is 157 Å².